The van der Waals surface area contributed by atoms with Gasteiger partial charge >= 0.3 is 0 Å². The van der Waals surface area contributed by atoms with Gasteiger partial charge in [-0.15, -0.1) is 0 Å². The Labute approximate surface area is 118 Å². The average Bonchev–Trinajstić information content (AvgIpc) is 2.47. The number of hydrogen-bond donors (Lipinski definition) is 1. The fourth-order valence-corrected chi connectivity index (χ4v) is 2.49. The lowest BCUT2D eigenvalue weighted by Gasteiger charge is -2.36. The lowest BCUT2D eigenvalue weighted by molar-refractivity contribution is 0.645. The zero-order chi connectivity index (χ0) is 13.9. The van der Waals surface area contributed by atoms with Gasteiger partial charge in [0, 0.05) is 50.3 Å². The molecule has 0 amide bonds. The van der Waals surface area contributed by atoms with Crippen LogP contribution in [0.3, 0.4) is 0 Å². The minimum atomic E-state index is 0.532. The summed E-state index contributed by atoms with van der Waals surface area (Å²) in [5, 5.41) is 0. The standard InChI is InChI=1S/C14H18N6/c1-11-17-13(15)10-14(18-11)20-8-6-19(7-9-20)12-2-4-16-5-3-12/h2-5,10H,6-9H2,1H3,(H2,15,17,18). The highest BCUT2D eigenvalue weighted by molar-refractivity contribution is 5.50. The predicted molar refractivity (Wildman–Crippen MR) is 79.8 cm³/mol. The number of aryl methyl sites for hydroxylation is 1. The summed E-state index contributed by atoms with van der Waals surface area (Å²) >= 11 is 0. The first-order chi connectivity index (χ1) is 9.72. The van der Waals surface area contributed by atoms with Crippen LogP contribution < -0.4 is 15.5 Å². The van der Waals surface area contributed by atoms with Gasteiger partial charge in [-0.25, -0.2) is 9.97 Å². The van der Waals surface area contributed by atoms with E-state index in [1.807, 2.05) is 37.5 Å². The number of piperazine rings is 1. The van der Waals surface area contributed by atoms with Crippen LogP contribution in [0.4, 0.5) is 17.3 Å². The summed E-state index contributed by atoms with van der Waals surface area (Å²) in [5.41, 5.74) is 7.01. The smallest absolute Gasteiger partial charge is 0.134 e. The Morgan fingerprint density at radius 3 is 2.30 bits per heavy atom. The van der Waals surface area contributed by atoms with Crippen molar-refractivity contribution in [3.8, 4) is 0 Å². The van der Waals surface area contributed by atoms with E-state index in [-0.39, 0.29) is 0 Å². The maximum absolute atomic E-state index is 5.79. The number of aromatic nitrogens is 3. The molecule has 0 atom stereocenters. The van der Waals surface area contributed by atoms with Crippen LogP contribution in [0.2, 0.25) is 0 Å². The molecular formula is C14H18N6. The highest BCUT2D eigenvalue weighted by Gasteiger charge is 2.18. The molecule has 2 N–H and O–H groups in total. The van der Waals surface area contributed by atoms with E-state index in [1.54, 1.807) is 0 Å². The van der Waals surface area contributed by atoms with Crippen molar-refractivity contribution in [2.24, 2.45) is 0 Å². The molecule has 0 unspecified atom stereocenters. The van der Waals surface area contributed by atoms with Crippen LogP contribution in [-0.4, -0.2) is 41.1 Å². The maximum atomic E-state index is 5.79. The van der Waals surface area contributed by atoms with Crippen molar-refractivity contribution in [2.45, 2.75) is 6.92 Å². The molecule has 2 aromatic rings. The zero-order valence-corrected chi connectivity index (χ0v) is 11.5. The summed E-state index contributed by atoms with van der Waals surface area (Å²) in [6, 6.07) is 5.93. The van der Waals surface area contributed by atoms with E-state index >= 15 is 0 Å². The van der Waals surface area contributed by atoms with Gasteiger partial charge in [0.2, 0.25) is 0 Å². The molecule has 1 saturated heterocycles. The summed E-state index contributed by atoms with van der Waals surface area (Å²) in [5.74, 6) is 2.17. The van der Waals surface area contributed by atoms with Crippen LogP contribution in [-0.2, 0) is 0 Å². The topological polar surface area (TPSA) is 71.2 Å². The summed E-state index contributed by atoms with van der Waals surface area (Å²) < 4.78 is 0. The molecule has 6 nitrogen and oxygen atoms in total. The quantitative estimate of drug-likeness (QED) is 0.880. The molecule has 3 heterocycles. The molecule has 0 aromatic carbocycles. The molecule has 1 aliphatic rings. The Balaban J connectivity index is 1.69. The Kier molecular flexibility index (Phi) is 3.37. The summed E-state index contributed by atoms with van der Waals surface area (Å²) in [4.78, 5) is 17.2. The van der Waals surface area contributed by atoms with E-state index in [0.717, 1.165) is 37.8 Å². The van der Waals surface area contributed by atoms with Crippen molar-refractivity contribution in [3.63, 3.8) is 0 Å². The Morgan fingerprint density at radius 2 is 1.65 bits per heavy atom. The highest BCUT2D eigenvalue weighted by atomic mass is 15.3. The second kappa shape index (κ2) is 5.32. The summed E-state index contributed by atoms with van der Waals surface area (Å²) in [6.45, 7) is 5.66. The van der Waals surface area contributed by atoms with Crippen LogP contribution in [0.25, 0.3) is 0 Å². The van der Waals surface area contributed by atoms with Crippen LogP contribution >= 0.6 is 0 Å². The molecule has 0 bridgehead atoms. The van der Waals surface area contributed by atoms with Crippen LogP contribution in [0.1, 0.15) is 5.82 Å². The highest BCUT2D eigenvalue weighted by Crippen LogP contribution is 2.19. The second-order valence-electron chi connectivity index (χ2n) is 4.88. The molecule has 2 aromatic heterocycles. The fourth-order valence-electron chi connectivity index (χ4n) is 2.49. The van der Waals surface area contributed by atoms with Gasteiger partial charge < -0.3 is 15.5 Å². The Morgan fingerprint density at radius 1 is 1.00 bits per heavy atom. The summed E-state index contributed by atoms with van der Waals surface area (Å²) in [6.07, 6.45) is 3.66. The van der Waals surface area contributed by atoms with Crippen molar-refractivity contribution >= 4 is 17.3 Å². The van der Waals surface area contributed by atoms with E-state index < -0.39 is 0 Å². The third-order valence-corrected chi connectivity index (χ3v) is 3.48. The van der Waals surface area contributed by atoms with Crippen molar-refractivity contribution in [3.05, 3.63) is 36.4 Å². The molecule has 0 spiro atoms. The first kappa shape index (κ1) is 12.7. The van der Waals surface area contributed by atoms with Crippen molar-refractivity contribution in [2.75, 3.05) is 41.7 Å². The molecule has 3 rings (SSSR count). The monoisotopic (exact) mass is 270 g/mol. The largest absolute Gasteiger partial charge is 0.384 e. The SMILES string of the molecule is Cc1nc(N)cc(N2CCN(c3ccncc3)CC2)n1. The van der Waals surface area contributed by atoms with Crippen molar-refractivity contribution in [1.82, 2.24) is 15.0 Å². The van der Waals surface area contributed by atoms with E-state index in [9.17, 15) is 0 Å². The fraction of sp³-hybridized carbons (Fsp3) is 0.357. The molecule has 20 heavy (non-hydrogen) atoms. The van der Waals surface area contributed by atoms with Crippen molar-refractivity contribution < 1.29 is 0 Å². The molecule has 0 aliphatic carbocycles. The second-order valence-corrected chi connectivity index (χ2v) is 4.88. The predicted octanol–water partition coefficient (Wildman–Crippen LogP) is 1.09. The number of nitrogen functional groups attached to an aromatic ring is 1. The van der Waals surface area contributed by atoms with Gasteiger partial charge in [-0.3, -0.25) is 4.98 Å². The average molecular weight is 270 g/mol. The maximum Gasteiger partial charge on any atom is 0.134 e. The van der Waals surface area contributed by atoms with Gasteiger partial charge in [-0.05, 0) is 19.1 Å². The molecule has 104 valence electrons. The molecule has 6 heteroatoms. The van der Waals surface area contributed by atoms with Crippen LogP contribution in [0, 0.1) is 6.92 Å². The lowest BCUT2D eigenvalue weighted by Crippen LogP contribution is -2.46. The lowest BCUT2D eigenvalue weighted by atomic mass is 10.2. The Hall–Kier alpha value is -2.37. The Bertz CT molecular complexity index is 557. The van der Waals surface area contributed by atoms with E-state index in [1.165, 1.54) is 5.69 Å². The third kappa shape index (κ3) is 2.64. The number of anilines is 3. The molecule has 1 aliphatic heterocycles. The van der Waals surface area contributed by atoms with E-state index in [4.69, 9.17) is 5.73 Å². The van der Waals surface area contributed by atoms with Gasteiger partial charge in [0.1, 0.15) is 17.5 Å². The van der Waals surface area contributed by atoms with Crippen LogP contribution in [0.5, 0.6) is 0 Å². The third-order valence-electron chi connectivity index (χ3n) is 3.48. The number of hydrogen-bond acceptors (Lipinski definition) is 6. The summed E-state index contributed by atoms with van der Waals surface area (Å²) in [7, 11) is 0. The minimum absolute atomic E-state index is 0.532. The molecule has 0 radical (unpaired) electrons. The van der Waals surface area contributed by atoms with Crippen molar-refractivity contribution in [1.29, 1.82) is 0 Å². The number of pyridine rings is 1. The van der Waals surface area contributed by atoms with Gasteiger partial charge in [-0.2, -0.15) is 0 Å². The van der Waals surface area contributed by atoms with Gasteiger partial charge in [0.25, 0.3) is 0 Å². The number of rotatable bonds is 2. The molecule has 0 saturated carbocycles. The minimum Gasteiger partial charge on any atom is -0.384 e. The first-order valence-electron chi connectivity index (χ1n) is 6.73. The van der Waals surface area contributed by atoms with Crippen LogP contribution in [0.15, 0.2) is 30.6 Å². The molecule has 1 fully saturated rings. The zero-order valence-electron chi connectivity index (χ0n) is 11.5. The number of nitrogens with zero attached hydrogens (tertiary/aromatic N) is 5. The van der Waals surface area contributed by atoms with Gasteiger partial charge in [0.15, 0.2) is 0 Å². The van der Waals surface area contributed by atoms with E-state index in [0.29, 0.717) is 5.82 Å². The normalized spacial score (nSPS) is 15.4. The van der Waals surface area contributed by atoms with E-state index in [2.05, 4.69) is 24.8 Å². The molecular weight excluding hydrogens is 252 g/mol. The van der Waals surface area contributed by atoms with Gasteiger partial charge in [-0.1, -0.05) is 0 Å². The first-order valence-corrected chi connectivity index (χ1v) is 6.73. The van der Waals surface area contributed by atoms with Gasteiger partial charge in [0.05, 0.1) is 0 Å². The number of nitrogens with two attached hydrogens (primary N) is 1.